The molecule has 0 heterocycles. The zero-order valence-electron chi connectivity index (χ0n) is 32.3. The minimum absolute atomic E-state index is 0.145. The van der Waals surface area contributed by atoms with E-state index in [-0.39, 0.29) is 11.0 Å². The fraction of sp³-hybridized carbons (Fsp3) is 0.192. The van der Waals surface area contributed by atoms with Crippen molar-refractivity contribution in [3.05, 3.63) is 187 Å². The maximum Gasteiger partial charge on any atom is 0.0671 e. The molecular weight excluding hydrogens is 653 g/mol. The summed E-state index contributed by atoms with van der Waals surface area (Å²) >= 11 is 0. The normalized spacial score (nSPS) is 12.9. The third-order valence-corrected chi connectivity index (χ3v) is 11.7. The van der Waals surface area contributed by atoms with Gasteiger partial charge in [-0.3, -0.25) is 0 Å². The van der Waals surface area contributed by atoms with Gasteiger partial charge in [-0.05, 0) is 129 Å². The highest BCUT2D eigenvalue weighted by molar-refractivity contribution is 5.93. The molecule has 2 heteroatoms. The van der Waals surface area contributed by atoms with Crippen molar-refractivity contribution in [1.82, 2.24) is 0 Å². The Hall–Kier alpha value is -5.86. The van der Waals surface area contributed by atoms with Crippen LogP contribution in [0.25, 0.3) is 32.3 Å². The van der Waals surface area contributed by atoms with Crippen LogP contribution in [-0.4, -0.2) is 0 Å². The van der Waals surface area contributed by atoms with E-state index in [1.54, 1.807) is 0 Å². The van der Waals surface area contributed by atoms with Crippen LogP contribution in [0.4, 0.5) is 28.4 Å². The number of nitrogens with zero attached hydrogens (tertiary/aromatic N) is 2. The molecule has 8 aromatic rings. The van der Waals surface area contributed by atoms with Gasteiger partial charge >= 0.3 is 0 Å². The van der Waals surface area contributed by atoms with Crippen molar-refractivity contribution in [2.45, 2.75) is 64.8 Å². The van der Waals surface area contributed by atoms with Gasteiger partial charge in [-0.25, -0.2) is 0 Å². The van der Waals surface area contributed by atoms with Crippen molar-refractivity contribution in [3.63, 3.8) is 0 Å². The summed E-state index contributed by atoms with van der Waals surface area (Å²) in [6.45, 7) is 11.7. The first-order valence-corrected chi connectivity index (χ1v) is 19.6. The van der Waals surface area contributed by atoms with Crippen molar-refractivity contribution in [3.8, 4) is 0 Å². The Kier molecular flexibility index (Phi) is 9.46. The molecule has 0 saturated carbocycles. The molecule has 0 saturated heterocycles. The molecule has 0 amide bonds. The lowest BCUT2D eigenvalue weighted by Crippen LogP contribution is -2.40. The highest BCUT2D eigenvalue weighted by atomic mass is 15.2. The summed E-state index contributed by atoms with van der Waals surface area (Å²) in [4.78, 5) is 4.95. The lowest BCUT2D eigenvalue weighted by Gasteiger charge is -2.44. The Morgan fingerprint density at radius 2 is 0.778 bits per heavy atom. The zero-order chi connectivity index (χ0) is 37.3. The largest absolute Gasteiger partial charge is 0.331 e. The molecule has 0 spiro atoms. The van der Waals surface area contributed by atoms with Crippen LogP contribution in [0.2, 0.25) is 0 Å². The molecule has 0 aliphatic heterocycles. The van der Waals surface area contributed by atoms with Gasteiger partial charge in [-0.2, -0.15) is 0 Å². The zero-order valence-corrected chi connectivity index (χ0v) is 32.3. The lowest BCUT2D eigenvalue weighted by atomic mass is 9.78. The van der Waals surface area contributed by atoms with Gasteiger partial charge in [0.05, 0.1) is 5.54 Å². The van der Waals surface area contributed by atoms with Crippen LogP contribution in [0.5, 0.6) is 0 Å². The number of rotatable bonds is 11. The number of hydrogen-bond acceptors (Lipinski definition) is 2. The van der Waals surface area contributed by atoms with E-state index >= 15 is 0 Å². The van der Waals surface area contributed by atoms with E-state index in [1.165, 1.54) is 62.0 Å². The van der Waals surface area contributed by atoms with E-state index in [9.17, 15) is 0 Å². The van der Waals surface area contributed by atoms with E-state index in [1.807, 2.05) is 0 Å². The molecule has 0 fully saturated rings. The van der Waals surface area contributed by atoms with E-state index in [0.29, 0.717) is 0 Å². The van der Waals surface area contributed by atoms with Crippen LogP contribution in [0.3, 0.4) is 0 Å². The summed E-state index contributed by atoms with van der Waals surface area (Å²) in [6, 6.07) is 65.0. The molecule has 1 atom stereocenters. The number of hydrogen-bond donors (Lipinski definition) is 0. The molecule has 0 aliphatic rings. The molecule has 54 heavy (non-hydrogen) atoms. The molecule has 0 aromatic heterocycles. The monoisotopic (exact) mass is 702 g/mol. The molecule has 0 radical (unpaired) electrons. The highest BCUT2D eigenvalue weighted by Crippen LogP contribution is 2.45. The van der Waals surface area contributed by atoms with Crippen molar-refractivity contribution >= 4 is 60.8 Å². The van der Waals surface area contributed by atoms with E-state index < -0.39 is 0 Å². The third kappa shape index (κ3) is 6.62. The van der Waals surface area contributed by atoms with Gasteiger partial charge in [-0.15, -0.1) is 0 Å². The van der Waals surface area contributed by atoms with Crippen LogP contribution in [-0.2, 0) is 11.0 Å². The van der Waals surface area contributed by atoms with Gasteiger partial charge in [0.25, 0.3) is 0 Å². The Labute approximate surface area is 321 Å². The quantitative estimate of drug-likeness (QED) is 0.132. The first-order chi connectivity index (χ1) is 26.3. The predicted octanol–water partition coefficient (Wildman–Crippen LogP) is 15.2. The summed E-state index contributed by atoms with van der Waals surface area (Å²) in [7, 11) is 0. The fourth-order valence-electron chi connectivity index (χ4n) is 8.41. The first kappa shape index (κ1) is 35.2. The van der Waals surface area contributed by atoms with Gasteiger partial charge in [0.15, 0.2) is 0 Å². The molecule has 2 nitrogen and oxygen atoms in total. The first-order valence-electron chi connectivity index (χ1n) is 19.6. The average molecular weight is 703 g/mol. The number of anilines is 5. The van der Waals surface area contributed by atoms with Crippen LogP contribution in [0.15, 0.2) is 176 Å². The Morgan fingerprint density at radius 1 is 0.389 bits per heavy atom. The molecule has 268 valence electrons. The molecule has 8 aromatic carbocycles. The highest BCUT2D eigenvalue weighted by Gasteiger charge is 2.34. The Morgan fingerprint density at radius 3 is 1.24 bits per heavy atom. The minimum Gasteiger partial charge on any atom is -0.331 e. The number of benzene rings is 8. The third-order valence-electron chi connectivity index (χ3n) is 11.7. The van der Waals surface area contributed by atoms with Gasteiger partial charge in [0.1, 0.15) is 0 Å². The van der Waals surface area contributed by atoms with Crippen molar-refractivity contribution < 1.29 is 0 Å². The maximum atomic E-state index is 2.56. The Bertz CT molecular complexity index is 2470. The van der Waals surface area contributed by atoms with Crippen molar-refractivity contribution in [1.29, 1.82) is 0 Å². The topological polar surface area (TPSA) is 6.48 Å². The van der Waals surface area contributed by atoms with Gasteiger partial charge in [0.2, 0.25) is 0 Å². The standard InChI is InChI=1S/C52H50N2/c1-6-34-51(3,4)44-23-25-45(26-24-44)52(5,7-2)54(50-29-22-40-16-10-13-19-43(40)37-50)47-32-30-46(31-33-47)53(48-27-20-38-14-8-11-17-41(38)35-48)49-28-21-39-15-9-12-18-42(39)36-49/h8-33,35-37H,6-7,34H2,1-5H3. The van der Waals surface area contributed by atoms with E-state index in [4.69, 9.17) is 0 Å². The summed E-state index contributed by atoms with van der Waals surface area (Å²) < 4.78 is 0. The maximum absolute atomic E-state index is 2.56. The molecule has 0 bridgehead atoms. The van der Waals surface area contributed by atoms with Gasteiger partial charge < -0.3 is 9.80 Å². The SMILES string of the molecule is CCCC(C)(C)c1ccc(C(C)(CC)N(c2ccc(N(c3ccc4ccccc4c3)c3ccc4ccccc4c3)cc2)c2ccc3ccccc3c2)cc1. The fourth-order valence-corrected chi connectivity index (χ4v) is 8.41. The van der Waals surface area contributed by atoms with Gasteiger partial charge in [-0.1, -0.05) is 149 Å². The molecule has 0 N–H and O–H groups in total. The van der Waals surface area contributed by atoms with Crippen molar-refractivity contribution in [2.24, 2.45) is 0 Å². The summed E-state index contributed by atoms with van der Waals surface area (Å²) in [5.41, 5.74) is 8.26. The molecule has 8 rings (SSSR count). The summed E-state index contributed by atoms with van der Waals surface area (Å²) in [5.74, 6) is 0. The average Bonchev–Trinajstić information content (AvgIpc) is 3.21. The van der Waals surface area contributed by atoms with E-state index in [0.717, 1.165) is 29.2 Å². The van der Waals surface area contributed by atoms with Crippen LogP contribution in [0.1, 0.15) is 65.0 Å². The second-order valence-corrected chi connectivity index (χ2v) is 15.6. The summed E-state index contributed by atoms with van der Waals surface area (Å²) in [5, 5.41) is 7.42. The molecular formula is C52H50N2. The van der Waals surface area contributed by atoms with Crippen LogP contribution in [0, 0.1) is 0 Å². The van der Waals surface area contributed by atoms with E-state index in [2.05, 4.69) is 220 Å². The molecule has 1 unspecified atom stereocenters. The van der Waals surface area contributed by atoms with Crippen LogP contribution < -0.4 is 9.80 Å². The second-order valence-electron chi connectivity index (χ2n) is 15.6. The van der Waals surface area contributed by atoms with Gasteiger partial charge in [0, 0.05) is 28.4 Å². The smallest absolute Gasteiger partial charge is 0.0671 e. The lowest BCUT2D eigenvalue weighted by molar-refractivity contribution is 0.458. The second kappa shape index (κ2) is 14.5. The van der Waals surface area contributed by atoms with Crippen molar-refractivity contribution in [2.75, 3.05) is 9.80 Å². The minimum atomic E-state index is -0.312. The Balaban J connectivity index is 1.26. The number of fused-ring (bicyclic) bond motifs is 3. The molecule has 0 aliphatic carbocycles. The summed E-state index contributed by atoms with van der Waals surface area (Å²) in [6.07, 6.45) is 3.27. The predicted molar refractivity (Wildman–Crippen MR) is 234 cm³/mol. The van der Waals surface area contributed by atoms with Crippen LogP contribution >= 0.6 is 0 Å².